The van der Waals surface area contributed by atoms with Gasteiger partial charge in [0.15, 0.2) is 11.4 Å². The molecule has 0 bridgehead atoms. The van der Waals surface area contributed by atoms with Crippen molar-refractivity contribution in [3.05, 3.63) is 23.8 Å². The van der Waals surface area contributed by atoms with E-state index in [2.05, 4.69) is 28.1 Å². The van der Waals surface area contributed by atoms with Crippen LogP contribution >= 0.6 is 0 Å². The Balaban J connectivity index is 1.99. The second-order valence-electron chi connectivity index (χ2n) is 4.62. The van der Waals surface area contributed by atoms with E-state index in [0.29, 0.717) is 5.56 Å². The summed E-state index contributed by atoms with van der Waals surface area (Å²) in [4.78, 5) is 4.51. The second-order valence-corrected chi connectivity index (χ2v) is 4.62. The van der Waals surface area contributed by atoms with Crippen molar-refractivity contribution < 1.29 is 4.52 Å². The molecule has 1 fully saturated rings. The van der Waals surface area contributed by atoms with Crippen molar-refractivity contribution in [1.82, 2.24) is 10.1 Å². The Labute approximate surface area is 105 Å². The normalized spacial score (nSPS) is 17.0. The van der Waals surface area contributed by atoms with E-state index in [0.717, 1.165) is 43.0 Å². The predicted molar refractivity (Wildman–Crippen MR) is 68.4 cm³/mol. The Morgan fingerprint density at radius 3 is 2.78 bits per heavy atom. The Morgan fingerprint density at radius 1 is 1.28 bits per heavy atom. The van der Waals surface area contributed by atoms with E-state index in [4.69, 9.17) is 9.78 Å². The van der Waals surface area contributed by atoms with Crippen LogP contribution in [-0.2, 0) is 0 Å². The van der Waals surface area contributed by atoms with Crippen LogP contribution in [0.3, 0.4) is 0 Å². The minimum atomic E-state index is 0.640. The smallest absolute Gasteiger partial charge is 0.180 e. The zero-order valence-electron chi connectivity index (χ0n) is 10.3. The van der Waals surface area contributed by atoms with Gasteiger partial charge in [-0.1, -0.05) is 5.16 Å². The largest absolute Gasteiger partial charge is 0.354 e. The number of nitrogens with zero attached hydrogens (tertiary/aromatic N) is 4. The highest BCUT2D eigenvalue weighted by Gasteiger charge is 2.19. The lowest BCUT2D eigenvalue weighted by Gasteiger charge is -2.32. The Hall–Kier alpha value is -2.06. The molecule has 0 aliphatic carbocycles. The van der Waals surface area contributed by atoms with Gasteiger partial charge in [0, 0.05) is 26.2 Å². The van der Waals surface area contributed by atoms with Gasteiger partial charge in [0.25, 0.3) is 0 Å². The highest BCUT2D eigenvalue weighted by molar-refractivity contribution is 5.89. The first kappa shape index (κ1) is 11.1. The average Bonchev–Trinajstić information content (AvgIpc) is 2.82. The average molecular weight is 242 g/mol. The van der Waals surface area contributed by atoms with E-state index in [1.54, 1.807) is 12.1 Å². The first-order valence-corrected chi connectivity index (χ1v) is 6.01. The van der Waals surface area contributed by atoms with E-state index in [9.17, 15) is 0 Å². The summed E-state index contributed by atoms with van der Waals surface area (Å²) < 4.78 is 5.31. The highest BCUT2D eigenvalue weighted by atomic mass is 16.5. The first-order chi connectivity index (χ1) is 8.78. The Kier molecular flexibility index (Phi) is 2.65. The lowest BCUT2D eigenvalue weighted by atomic mass is 10.1. The van der Waals surface area contributed by atoms with Crippen molar-refractivity contribution in [3.8, 4) is 6.07 Å². The van der Waals surface area contributed by atoms with Crippen molar-refractivity contribution in [2.24, 2.45) is 0 Å². The van der Waals surface area contributed by atoms with Crippen LogP contribution in [-0.4, -0.2) is 43.3 Å². The lowest BCUT2D eigenvalue weighted by Crippen LogP contribution is -2.44. The van der Waals surface area contributed by atoms with Gasteiger partial charge in [-0.05, 0) is 25.2 Å². The van der Waals surface area contributed by atoms with Crippen LogP contribution in [0.5, 0.6) is 0 Å². The molecule has 0 unspecified atom stereocenters. The number of fused-ring (bicyclic) bond motifs is 1. The monoisotopic (exact) mass is 242 g/mol. The summed E-state index contributed by atoms with van der Waals surface area (Å²) in [6.07, 6.45) is 0. The molecule has 1 aliphatic heterocycles. The minimum Gasteiger partial charge on any atom is -0.354 e. The zero-order valence-corrected chi connectivity index (χ0v) is 10.3. The number of nitriles is 1. The number of aromatic nitrogens is 1. The fourth-order valence-corrected chi connectivity index (χ4v) is 2.24. The minimum absolute atomic E-state index is 0.640. The molecule has 0 saturated carbocycles. The molecule has 5 nitrogen and oxygen atoms in total. The second kappa shape index (κ2) is 4.31. The molecule has 0 radical (unpaired) electrons. The molecule has 0 N–H and O–H groups in total. The quantitative estimate of drug-likeness (QED) is 0.757. The molecule has 1 aromatic carbocycles. The van der Waals surface area contributed by atoms with Crippen molar-refractivity contribution in [1.29, 1.82) is 5.26 Å². The third-order valence-corrected chi connectivity index (χ3v) is 3.38. The third-order valence-electron chi connectivity index (χ3n) is 3.38. The summed E-state index contributed by atoms with van der Waals surface area (Å²) >= 11 is 0. The van der Waals surface area contributed by atoms with Gasteiger partial charge in [-0.2, -0.15) is 5.26 Å². The van der Waals surface area contributed by atoms with Crippen LogP contribution < -0.4 is 4.90 Å². The summed E-state index contributed by atoms with van der Waals surface area (Å²) in [5.41, 5.74) is 1.38. The number of likely N-dealkylation sites (N-methyl/N-ethyl adjacent to an activating group) is 1. The number of piperazine rings is 1. The molecule has 1 saturated heterocycles. The number of rotatable bonds is 1. The number of hydrogen-bond acceptors (Lipinski definition) is 5. The van der Waals surface area contributed by atoms with Gasteiger partial charge in [0.05, 0.1) is 17.0 Å². The summed E-state index contributed by atoms with van der Waals surface area (Å²) in [5, 5.41) is 14.0. The highest BCUT2D eigenvalue weighted by Crippen LogP contribution is 2.27. The summed E-state index contributed by atoms with van der Waals surface area (Å²) in [7, 11) is 2.12. The summed E-state index contributed by atoms with van der Waals surface area (Å²) in [6, 6.07) is 7.55. The molecular formula is C13H14N4O. The summed E-state index contributed by atoms with van der Waals surface area (Å²) in [5.74, 6) is 0.857. The maximum absolute atomic E-state index is 8.95. The fraction of sp³-hybridized carbons (Fsp3) is 0.385. The zero-order chi connectivity index (χ0) is 12.5. The topological polar surface area (TPSA) is 56.3 Å². The lowest BCUT2D eigenvalue weighted by molar-refractivity contribution is 0.310. The van der Waals surface area contributed by atoms with Crippen molar-refractivity contribution in [3.63, 3.8) is 0 Å². The van der Waals surface area contributed by atoms with E-state index in [1.807, 2.05) is 6.07 Å². The molecule has 1 aliphatic rings. The predicted octanol–water partition coefficient (Wildman–Crippen LogP) is 1.45. The molecular weight excluding hydrogens is 228 g/mol. The molecule has 2 heterocycles. The van der Waals surface area contributed by atoms with Crippen molar-refractivity contribution in [2.45, 2.75) is 0 Å². The van der Waals surface area contributed by atoms with Crippen LogP contribution in [0.25, 0.3) is 11.0 Å². The Bertz CT molecular complexity index is 605. The van der Waals surface area contributed by atoms with Gasteiger partial charge in [-0.3, -0.25) is 0 Å². The van der Waals surface area contributed by atoms with E-state index in [-0.39, 0.29) is 0 Å². The van der Waals surface area contributed by atoms with Gasteiger partial charge in [0.2, 0.25) is 0 Å². The van der Waals surface area contributed by atoms with E-state index in [1.165, 1.54) is 0 Å². The standard InChI is InChI=1S/C13H14N4O/c1-16-4-6-17(7-5-16)13-11-8-10(9-14)2-3-12(11)18-15-13/h2-3,8H,4-7H2,1H3. The SMILES string of the molecule is CN1CCN(c2noc3ccc(C#N)cc23)CC1. The van der Waals surface area contributed by atoms with Crippen LogP contribution in [0.2, 0.25) is 0 Å². The van der Waals surface area contributed by atoms with Crippen LogP contribution in [0.4, 0.5) is 5.82 Å². The number of anilines is 1. The van der Waals surface area contributed by atoms with Gasteiger partial charge in [0.1, 0.15) is 0 Å². The van der Waals surface area contributed by atoms with Crippen LogP contribution in [0, 0.1) is 11.3 Å². The van der Waals surface area contributed by atoms with Crippen molar-refractivity contribution >= 4 is 16.8 Å². The van der Waals surface area contributed by atoms with Crippen LogP contribution in [0.15, 0.2) is 22.7 Å². The van der Waals surface area contributed by atoms with E-state index < -0.39 is 0 Å². The molecule has 18 heavy (non-hydrogen) atoms. The van der Waals surface area contributed by atoms with Gasteiger partial charge < -0.3 is 14.3 Å². The molecule has 1 aromatic heterocycles. The molecule has 2 aromatic rings. The summed E-state index contributed by atoms with van der Waals surface area (Å²) in [6.45, 7) is 3.92. The maximum Gasteiger partial charge on any atom is 0.180 e. The molecule has 5 heteroatoms. The molecule has 0 atom stereocenters. The first-order valence-electron chi connectivity index (χ1n) is 6.01. The van der Waals surface area contributed by atoms with Crippen molar-refractivity contribution in [2.75, 3.05) is 38.1 Å². The van der Waals surface area contributed by atoms with E-state index >= 15 is 0 Å². The molecule has 3 rings (SSSR count). The number of benzene rings is 1. The maximum atomic E-state index is 8.95. The number of hydrogen-bond donors (Lipinski definition) is 0. The Morgan fingerprint density at radius 2 is 2.06 bits per heavy atom. The molecule has 92 valence electrons. The van der Waals surface area contributed by atoms with Crippen LogP contribution in [0.1, 0.15) is 5.56 Å². The molecule has 0 spiro atoms. The fourth-order valence-electron chi connectivity index (χ4n) is 2.24. The molecule has 0 amide bonds. The van der Waals surface area contributed by atoms with Gasteiger partial charge in [-0.15, -0.1) is 0 Å². The van der Waals surface area contributed by atoms with Gasteiger partial charge >= 0.3 is 0 Å². The van der Waals surface area contributed by atoms with Gasteiger partial charge in [-0.25, -0.2) is 0 Å². The third kappa shape index (κ3) is 1.81.